The highest BCUT2D eigenvalue weighted by Crippen LogP contribution is 2.45. The van der Waals surface area contributed by atoms with Crippen LogP contribution < -0.4 is 10.6 Å². The lowest BCUT2D eigenvalue weighted by Crippen LogP contribution is -2.42. The number of hydrogen-bond acceptors (Lipinski definition) is 2. The molecule has 5 heteroatoms. The standard InChI is InChI=1S/C14H19ClN2O2/c1-19-10-2-9-16-13(18)17-14(7-8-14)11-3-5-12(15)6-4-11/h3-6H,2,7-10H2,1H3,(H2,16,17,18). The molecular formula is C14H19ClN2O2. The number of halogens is 1. The number of hydrogen-bond donors (Lipinski definition) is 2. The number of carbonyl (C=O) groups is 1. The van der Waals surface area contributed by atoms with Crippen molar-refractivity contribution < 1.29 is 9.53 Å². The van der Waals surface area contributed by atoms with Crippen molar-refractivity contribution in [3.05, 3.63) is 34.9 Å². The number of nitrogens with one attached hydrogen (secondary N) is 2. The molecule has 0 aromatic heterocycles. The van der Waals surface area contributed by atoms with Gasteiger partial charge in [-0.15, -0.1) is 0 Å². The number of carbonyl (C=O) groups excluding carboxylic acids is 1. The Kier molecular flexibility index (Phi) is 4.66. The van der Waals surface area contributed by atoms with Crippen LogP contribution in [0.1, 0.15) is 24.8 Å². The Morgan fingerprint density at radius 2 is 2.05 bits per heavy atom. The predicted molar refractivity (Wildman–Crippen MR) is 75.4 cm³/mol. The summed E-state index contributed by atoms with van der Waals surface area (Å²) < 4.78 is 4.93. The van der Waals surface area contributed by atoms with E-state index in [1.165, 1.54) is 0 Å². The molecule has 1 fully saturated rings. The second kappa shape index (κ2) is 6.26. The lowest BCUT2D eigenvalue weighted by molar-refractivity contribution is 0.193. The van der Waals surface area contributed by atoms with E-state index >= 15 is 0 Å². The highest BCUT2D eigenvalue weighted by atomic mass is 35.5. The Hall–Kier alpha value is -1.26. The van der Waals surface area contributed by atoms with E-state index in [0.29, 0.717) is 18.2 Å². The average molecular weight is 283 g/mol. The minimum absolute atomic E-state index is 0.122. The van der Waals surface area contributed by atoms with Gasteiger partial charge in [-0.3, -0.25) is 0 Å². The van der Waals surface area contributed by atoms with Gasteiger partial charge >= 0.3 is 6.03 Å². The third-order valence-corrected chi connectivity index (χ3v) is 3.56. The van der Waals surface area contributed by atoms with Crippen molar-refractivity contribution in [3.8, 4) is 0 Å². The van der Waals surface area contributed by atoms with Crippen LogP contribution in [0.2, 0.25) is 5.02 Å². The molecule has 0 aliphatic heterocycles. The molecule has 0 saturated heterocycles. The highest BCUT2D eigenvalue weighted by Gasteiger charge is 2.45. The van der Waals surface area contributed by atoms with E-state index in [0.717, 1.165) is 24.8 Å². The molecule has 0 bridgehead atoms. The summed E-state index contributed by atoms with van der Waals surface area (Å²) in [5.41, 5.74) is 0.916. The zero-order valence-corrected chi connectivity index (χ0v) is 11.8. The van der Waals surface area contributed by atoms with Crippen LogP contribution in [0.15, 0.2) is 24.3 Å². The zero-order chi connectivity index (χ0) is 13.7. The van der Waals surface area contributed by atoms with Gasteiger partial charge in [0.2, 0.25) is 0 Å². The highest BCUT2D eigenvalue weighted by molar-refractivity contribution is 6.30. The smallest absolute Gasteiger partial charge is 0.315 e. The van der Waals surface area contributed by atoms with Crippen LogP contribution in [0, 0.1) is 0 Å². The normalized spacial score (nSPS) is 15.9. The number of ether oxygens (including phenoxy) is 1. The fraction of sp³-hybridized carbons (Fsp3) is 0.500. The molecule has 1 saturated carbocycles. The minimum Gasteiger partial charge on any atom is -0.385 e. The first-order valence-electron chi connectivity index (χ1n) is 6.47. The van der Waals surface area contributed by atoms with Crippen LogP contribution in [-0.2, 0) is 10.3 Å². The maximum absolute atomic E-state index is 11.8. The van der Waals surface area contributed by atoms with Crippen molar-refractivity contribution in [2.75, 3.05) is 20.3 Å². The Morgan fingerprint density at radius 1 is 1.37 bits per heavy atom. The van der Waals surface area contributed by atoms with E-state index in [1.807, 2.05) is 24.3 Å². The van der Waals surface area contributed by atoms with Gasteiger partial charge in [0.15, 0.2) is 0 Å². The molecule has 0 unspecified atom stereocenters. The van der Waals surface area contributed by atoms with E-state index in [1.54, 1.807) is 7.11 Å². The maximum atomic E-state index is 11.8. The van der Waals surface area contributed by atoms with Crippen LogP contribution in [-0.4, -0.2) is 26.3 Å². The van der Waals surface area contributed by atoms with Crippen LogP contribution in [0.25, 0.3) is 0 Å². The molecule has 0 spiro atoms. The van der Waals surface area contributed by atoms with Crippen LogP contribution in [0.5, 0.6) is 0 Å². The summed E-state index contributed by atoms with van der Waals surface area (Å²) >= 11 is 5.87. The predicted octanol–water partition coefficient (Wildman–Crippen LogP) is 2.66. The first-order valence-corrected chi connectivity index (χ1v) is 6.85. The molecule has 1 aliphatic carbocycles. The average Bonchev–Trinajstić information content (AvgIpc) is 3.16. The van der Waals surface area contributed by atoms with E-state index in [9.17, 15) is 4.79 Å². The van der Waals surface area contributed by atoms with Gasteiger partial charge in [-0.1, -0.05) is 23.7 Å². The van der Waals surface area contributed by atoms with Gasteiger partial charge in [0.25, 0.3) is 0 Å². The summed E-state index contributed by atoms with van der Waals surface area (Å²) in [5, 5.41) is 6.60. The van der Waals surface area contributed by atoms with Gasteiger partial charge in [0.1, 0.15) is 0 Å². The van der Waals surface area contributed by atoms with Crippen LogP contribution in [0.3, 0.4) is 0 Å². The van der Waals surface area contributed by atoms with Gasteiger partial charge in [0, 0.05) is 25.3 Å². The molecule has 1 aromatic carbocycles. The van der Waals surface area contributed by atoms with Crippen LogP contribution >= 0.6 is 11.6 Å². The van der Waals surface area contributed by atoms with Crippen molar-refractivity contribution >= 4 is 17.6 Å². The molecule has 0 atom stereocenters. The molecular weight excluding hydrogens is 264 g/mol. The molecule has 19 heavy (non-hydrogen) atoms. The summed E-state index contributed by atoms with van der Waals surface area (Å²) in [6.45, 7) is 1.28. The molecule has 0 heterocycles. The SMILES string of the molecule is COCCCNC(=O)NC1(c2ccc(Cl)cc2)CC1. The van der Waals surface area contributed by atoms with Crippen molar-refractivity contribution in [3.63, 3.8) is 0 Å². The largest absolute Gasteiger partial charge is 0.385 e. The molecule has 1 aromatic rings. The Morgan fingerprint density at radius 3 is 2.63 bits per heavy atom. The van der Waals surface area contributed by atoms with E-state index in [2.05, 4.69) is 10.6 Å². The fourth-order valence-corrected chi connectivity index (χ4v) is 2.19. The third-order valence-electron chi connectivity index (χ3n) is 3.31. The Bertz CT molecular complexity index is 430. The molecule has 2 rings (SSSR count). The molecule has 2 amide bonds. The van der Waals surface area contributed by atoms with Gasteiger partial charge in [-0.25, -0.2) is 4.79 Å². The number of benzene rings is 1. The second-order valence-electron chi connectivity index (χ2n) is 4.82. The summed E-state index contributed by atoms with van der Waals surface area (Å²) in [6, 6.07) is 7.54. The maximum Gasteiger partial charge on any atom is 0.315 e. The van der Waals surface area contributed by atoms with Crippen molar-refractivity contribution in [2.24, 2.45) is 0 Å². The van der Waals surface area contributed by atoms with Crippen molar-refractivity contribution in [2.45, 2.75) is 24.8 Å². The number of urea groups is 1. The monoisotopic (exact) mass is 282 g/mol. The Balaban J connectivity index is 1.84. The second-order valence-corrected chi connectivity index (χ2v) is 5.25. The van der Waals surface area contributed by atoms with E-state index in [4.69, 9.17) is 16.3 Å². The third kappa shape index (κ3) is 3.85. The van der Waals surface area contributed by atoms with Gasteiger partial charge in [0.05, 0.1) is 5.54 Å². The molecule has 1 aliphatic rings. The van der Waals surface area contributed by atoms with Crippen molar-refractivity contribution in [1.82, 2.24) is 10.6 Å². The minimum atomic E-state index is -0.198. The molecule has 4 nitrogen and oxygen atoms in total. The molecule has 0 radical (unpaired) electrons. The van der Waals surface area contributed by atoms with Crippen LogP contribution in [0.4, 0.5) is 4.79 Å². The van der Waals surface area contributed by atoms with Gasteiger partial charge < -0.3 is 15.4 Å². The first-order chi connectivity index (χ1) is 9.16. The Labute approximate surface area is 118 Å². The van der Waals surface area contributed by atoms with Gasteiger partial charge in [-0.05, 0) is 37.0 Å². The summed E-state index contributed by atoms with van der Waals surface area (Å²) in [6.07, 6.45) is 2.76. The summed E-state index contributed by atoms with van der Waals surface area (Å²) in [7, 11) is 1.65. The van der Waals surface area contributed by atoms with E-state index in [-0.39, 0.29) is 11.6 Å². The quantitative estimate of drug-likeness (QED) is 0.788. The number of methoxy groups -OCH3 is 1. The molecule has 104 valence electrons. The van der Waals surface area contributed by atoms with Gasteiger partial charge in [-0.2, -0.15) is 0 Å². The lowest BCUT2D eigenvalue weighted by atomic mass is 10.1. The van der Waals surface area contributed by atoms with Crippen molar-refractivity contribution in [1.29, 1.82) is 0 Å². The lowest BCUT2D eigenvalue weighted by Gasteiger charge is -2.18. The number of rotatable bonds is 6. The topological polar surface area (TPSA) is 50.4 Å². The first kappa shape index (κ1) is 14.2. The summed E-state index contributed by atoms with van der Waals surface area (Å²) in [4.78, 5) is 11.8. The van der Waals surface area contributed by atoms with E-state index < -0.39 is 0 Å². The number of amides is 2. The molecule has 2 N–H and O–H groups in total. The zero-order valence-electron chi connectivity index (χ0n) is 11.0. The summed E-state index contributed by atoms with van der Waals surface area (Å²) in [5.74, 6) is 0. The fourth-order valence-electron chi connectivity index (χ4n) is 2.06.